The third-order valence-corrected chi connectivity index (χ3v) is 7.83. The second-order valence-corrected chi connectivity index (χ2v) is 11.7. The fraction of sp³-hybridized carbons (Fsp3) is 0.941. The third-order valence-electron chi connectivity index (χ3n) is 7.83. The van der Waals surface area contributed by atoms with Gasteiger partial charge in [-0.05, 0) is 32.1 Å². The molecule has 0 aromatic heterocycles. The summed E-state index contributed by atoms with van der Waals surface area (Å²) in [6, 6.07) is 0. The van der Waals surface area contributed by atoms with Gasteiger partial charge in [-0.15, -0.1) is 0 Å². The van der Waals surface area contributed by atoms with Crippen molar-refractivity contribution >= 4 is 11.9 Å². The zero-order valence-corrected chi connectivity index (χ0v) is 25.8. The van der Waals surface area contributed by atoms with E-state index in [4.69, 9.17) is 9.84 Å². The van der Waals surface area contributed by atoms with Crippen molar-refractivity contribution in [1.29, 1.82) is 0 Å². The Bertz CT molecular complexity index is 505. The normalized spacial score (nSPS) is 12.1. The third kappa shape index (κ3) is 29.5. The molecule has 0 aromatic rings. The number of unbranched alkanes of at least 4 members (excludes halogenated alkanes) is 22. The summed E-state index contributed by atoms with van der Waals surface area (Å²) in [5.41, 5.74) is 0. The van der Waals surface area contributed by atoms with Crippen LogP contribution in [-0.2, 0) is 14.3 Å². The molecule has 0 aliphatic heterocycles. The number of carbonyl (C=O) groups excluding carboxylic acids is 1. The minimum absolute atomic E-state index is 0.0867. The molecule has 0 fully saturated rings. The molecular formula is C34H66O4. The summed E-state index contributed by atoms with van der Waals surface area (Å²) >= 11 is 0. The van der Waals surface area contributed by atoms with Gasteiger partial charge in [-0.1, -0.05) is 155 Å². The Morgan fingerprint density at radius 3 is 1.21 bits per heavy atom. The molecule has 0 rings (SSSR count). The average Bonchev–Trinajstić information content (AvgIpc) is 2.89. The van der Waals surface area contributed by atoms with Gasteiger partial charge in [0.1, 0.15) is 6.10 Å². The van der Waals surface area contributed by atoms with E-state index < -0.39 is 5.97 Å². The van der Waals surface area contributed by atoms with E-state index >= 15 is 0 Å². The van der Waals surface area contributed by atoms with E-state index in [1.807, 2.05) is 0 Å². The number of hydrogen-bond donors (Lipinski definition) is 1. The van der Waals surface area contributed by atoms with Crippen LogP contribution >= 0.6 is 0 Å². The molecule has 0 spiro atoms. The maximum Gasteiger partial charge on any atom is 0.306 e. The minimum atomic E-state index is -0.767. The van der Waals surface area contributed by atoms with E-state index in [1.54, 1.807) is 0 Å². The molecule has 4 heteroatoms. The van der Waals surface area contributed by atoms with Crippen molar-refractivity contribution in [3.8, 4) is 0 Å². The van der Waals surface area contributed by atoms with Gasteiger partial charge >= 0.3 is 11.9 Å². The van der Waals surface area contributed by atoms with Gasteiger partial charge in [-0.3, -0.25) is 9.59 Å². The summed E-state index contributed by atoms with van der Waals surface area (Å²) in [6.07, 6.45) is 33.9. The number of carboxylic acid groups (broad SMARTS) is 1. The predicted molar refractivity (Wildman–Crippen MR) is 163 cm³/mol. The number of esters is 1. The van der Waals surface area contributed by atoms with Crippen LogP contribution in [0.1, 0.15) is 200 Å². The molecule has 38 heavy (non-hydrogen) atoms. The zero-order valence-electron chi connectivity index (χ0n) is 25.8. The highest BCUT2D eigenvalue weighted by atomic mass is 16.5. The van der Waals surface area contributed by atoms with Gasteiger partial charge in [0.2, 0.25) is 0 Å². The lowest BCUT2D eigenvalue weighted by atomic mass is 10.0. The highest BCUT2D eigenvalue weighted by molar-refractivity contribution is 5.69. The van der Waals surface area contributed by atoms with Crippen LogP contribution in [0.2, 0.25) is 0 Å². The monoisotopic (exact) mass is 538 g/mol. The van der Waals surface area contributed by atoms with Gasteiger partial charge in [0.25, 0.3) is 0 Å². The first-order valence-electron chi connectivity index (χ1n) is 17.0. The fourth-order valence-electron chi connectivity index (χ4n) is 5.31. The number of carboxylic acids is 1. The lowest BCUT2D eigenvalue weighted by molar-refractivity contribution is -0.150. The van der Waals surface area contributed by atoms with Crippen LogP contribution < -0.4 is 0 Å². The fourth-order valence-corrected chi connectivity index (χ4v) is 5.31. The Hall–Kier alpha value is -1.06. The summed E-state index contributed by atoms with van der Waals surface area (Å²) in [4.78, 5) is 23.3. The maximum atomic E-state index is 12.4. The quantitative estimate of drug-likeness (QED) is 0.0704. The second kappa shape index (κ2) is 30.5. The molecule has 0 aliphatic rings. The molecule has 0 saturated heterocycles. The SMILES string of the molecule is CCCCCCCCCCCCCCCCC(=O)OC(CCCCCCCCCCCC)CCCC(=O)O. The van der Waals surface area contributed by atoms with Gasteiger partial charge in [-0.25, -0.2) is 0 Å². The van der Waals surface area contributed by atoms with Gasteiger partial charge < -0.3 is 9.84 Å². The Labute approximate surface area is 237 Å². The Morgan fingerprint density at radius 2 is 0.816 bits per heavy atom. The van der Waals surface area contributed by atoms with Crippen molar-refractivity contribution in [3.63, 3.8) is 0 Å². The van der Waals surface area contributed by atoms with Crippen LogP contribution in [0, 0.1) is 0 Å². The zero-order chi connectivity index (χ0) is 27.9. The van der Waals surface area contributed by atoms with Crippen molar-refractivity contribution in [1.82, 2.24) is 0 Å². The van der Waals surface area contributed by atoms with E-state index in [9.17, 15) is 9.59 Å². The number of carbonyl (C=O) groups is 2. The first-order chi connectivity index (χ1) is 18.6. The molecular weight excluding hydrogens is 472 g/mol. The first-order valence-corrected chi connectivity index (χ1v) is 17.0. The van der Waals surface area contributed by atoms with Crippen molar-refractivity contribution in [2.45, 2.75) is 206 Å². The van der Waals surface area contributed by atoms with E-state index in [2.05, 4.69) is 13.8 Å². The molecule has 0 bridgehead atoms. The largest absolute Gasteiger partial charge is 0.481 e. The average molecular weight is 539 g/mol. The van der Waals surface area contributed by atoms with Gasteiger partial charge in [0.05, 0.1) is 0 Å². The summed E-state index contributed by atoms with van der Waals surface area (Å²) in [6.45, 7) is 4.53. The van der Waals surface area contributed by atoms with E-state index in [1.165, 1.54) is 135 Å². The number of aliphatic carboxylic acids is 1. The van der Waals surface area contributed by atoms with Crippen molar-refractivity contribution < 1.29 is 19.4 Å². The molecule has 0 saturated carbocycles. The summed E-state index contributed by atoms with van der Waals surface area (Å²) in [5, 5.41) is 8.96. The number of hydrogen-bond acceptors (Lipinski definition) is 3. The molecule has 0 aromatic carbocycles. The van der Waals surface area contributed by atoms with Gasteiger partial charge in [0.15, 0.2) is 0 Å². The second-order valence-electron chi connectivity index (χ2n) is 11.7. The first kappa shape index (κ1) is 36.9. The number of rotatable bonds is 31. The molecule has 1 N–H and O–H groups in total. The lowest BCUT2D eigenvalue weighted by Crippen LogP contribution is -2.18. The maximum absolute atomic E-state index is 12.4. The van der Waals surface area contributed by atoms with Gasteiger partial charge in [-0.2, -0.15) is 0 Å². The highest BCUT2D eigenvalue weighted by Gasteiger charge is 2.15. The predicted octanol–water partition coefficient (Wildman–Crippen LogP) is 11.3. The topological polar surface area (TPSA) is 63.6 Å². The molecule has 0 aliphatic carbocycles. The van der Waals surface area contributed by atoms with Crippen molar-refractivity contribution in [2.75, 3.05) is 0 Å². The summed E-state index contributed by atoms with van der Waals surface area (Å²) in [7, 11) is 0. The molecule has 226 valence electrons. The molecule has 0 radical (unpaired) electrons. The molecule has 1 unspecified atom stereocenters. The van der Waals surface area contributed by atoms with Gasteiger partial charge in [0, 0.05) is 12.8 Å². The molecule has 0 heterocycles. The van der Waals surface area contributed by atoms with Crippen LogP contribution in [0.5, 0.6) is 0 Å². The van der Waals surface area contributed by atoms with Crippen LogP contribution in [-0.4, -0.2) is 23.1 Å². The molecule has 4 nitrogen and oxygen atoms in total. The highest BCUT2D eigenvalue weighted by Crippen LogP contribution is 2.18. The van der Waals surface area contributed by atoms with Crippen molar-refractivity contribution in [3.05, 3.63) is 0 Å². The van der Waals surface area contributed by atoms with E-state index in [-0.39, 0.29) is 18.5 Å². The van der Waals surface area contributed by atoms with Crippen molar-refractivity contribution in [2.24, 2.45) is 0 Å². The molecule has 0 amide bonds. The van der Waals surface area contributed by atoms with Crippen LogP contribution in [0.15, 0.2) is 0 Å². The van der Waals surface area contributed by atoms with Crippen LogP contribution in [0.25, 0.3) is 0 Å². The smallest absolute Gasteiger partial charge is 0.306 e. The van der Waals surface area contributed by atoms with E-state index in [0.29, 0.717) is 19.3 Å². The minimum Gasteiger partial charge on any atom is -0.481 e. The Kier molecular flexibility index (Phi) is 29.6. The lowest BCUT2D eigenvalue weighted by Gasteiger charge is -2.18. The van der Waals surface area contributed by atoms with E-state index in [0.717, 1.165) is 25.7 Å². The summed E-state index contributed by atoms with van der Waals surface area (Å²) in [5.74, 6) is -0.854. The standard InChI is InChI=1S/C34H66O4/c1-3-5-7-9-11-13-15-16-17-18-20-22-24-26-31-34(37)38-32(29-27-30-33(35)36)28-25-23-21-19-14-12-10-8-6-4-2/h32H,3-31H2,1-2H3,(H,35,36). The number of ether oxygens (including phenoxy) is 1. The summed E-state index contributed by atoms with van der Waals surface area (Å²) < 4.78 is 5.80. The Balaban J connectivity index is 3.80. The Morgan fingerprint density at radius 1 is 0.474 bits per heavy atom. The van der Waals surface area contributed by atoms with Crippen LogP contribution in [0.4, 0.5) is 0 Å². The molecule has 1 atom stereocenters. The van der Waals surface area contributed by atoms with Crippen LogP contribution in [0.3, 0.4) is 0 Å².